The first-order chi connectivity index (χ1) is 15.0. The molecule has 0 bridgehead atoms. The second-order valence-corrected chi connectivity index (χ2v) is 8.87. The second kappa shape index (κ2) is 11.4. The third kappa shape index (κ3) is 7.43. The van der Waals surface area contributed by atoms with Crippen LogP contribution in [0.25, 0.3) is 0 Å². The zero-order chi connectivity index (χ0) is 22.1. The molecule has 166 valence electrons. The summed E-state index contributed by atoms with van der Waals surface area (Å²) >= 11 is 0. The van der Waals surface area contributed by atoms with Gasteiger partial charge in [0.2, 0.25) is 0 Å². The van der Waals surface area contributed by atoms with Gasteiger partial charge in [0.15, 0.2) is 0 Å². The number of nitrogens with zero attached hydrogens (tertiary/aromatic N) is 1. The van der Waals surface area contributed by atoms with Crippen molar-refractivity contribution in [3.8, 4) is 6.07 Å². The van der Waals surface area contributed by atoms with Crippen LogP contribution in [0.2, 0.25) is 0 Å². The van der Waals surface area contributed by atoms with E-state index in [1.807, 2.05) is 18.2 Å². The van der Waals surface area contributed by atoms with Crippen molar-refractivity contribution in [3.63, 3.8) is 0 Å². The van der Waals surface area contributed by atoms with E-state index < -0.39 is 12.5 Å². The number of nitriles is 1. The number of alkyl halides is 2. The molecule has 0 radical (unpaired) electrons. The summed E-state index contributed by atoms with van der Waals surface area (Å²) in [7, 11) is 0. The van der Waals surface area contributed by atoms with E-state index in [-0.39, 0.29) is 6.61 Å². The zero-order valence-corrected chi connectivity index (χ0v) is 18.5. The summed E-state index contributed by atoms with van der Waals surface area (Å²) < 4.78 is 33.3. The highest BCUT2D eigenvalue weighted by Crippen LogP contribution is 2.38. The molecule has 0 N–H and O–H groups in total. The molecule has 1 aliphatic carbocycles. The molecule has 1 saturated carbocycles. The molecule has 31 heavy (non-hydrogen) atoms. The average Bonchev–Trinajstić information content (AvgIpc) is 2.79. The molecule has 0 heterocycles. The van der Waals surface area contributed by atoms with Crippen LogP contribution in [0.5, 0.6) is 0 Å². The largest absolute Gasteiger partial charge is 0.360 e. The van der Waals surface area contributed by atoms with E-state index in [0.717, 1.165) is 11.5 Å². The van der Waals surface area contributed by atoms with Gasteiger partial charge in [-0.15, -0.1) is 0 Å². The van der Waals surface area contributed by atoms with Gasteiger partial charge in [-0.2, -0.15) is 14.0 Å². The Morgan fingerprint density at radius 2 is 1.58 bits per heavy atom. The maximum atomic E-state index is 14.2. The van der Waals surface area contributed by atoms with Crippen LogP contribution in [0, 0.1) is 17.2 Å². The first-order valence-electron chi connectivity index (χ1n) is 11.6. The Morgan fingerprint density at radius 1 is 0.935 bits per heavy atom. The smallest absolute Gasteiger partial charge is 0.315 e. The molecule has 0 saturated heterocycles. The summed E-state index contributed by atoms with van der Waals surface area (Å²) in [6.07, 6.45) is 6.68. The maximum Gasteiger partial charge on any atom is 0.360 e. The molecule has 1 aliphatic rings. The highest BCUT2D eigenvalue weighted by Gasteiger charge is 2.30. The van der Waals surface area contributed by atoms with Crippen molar-refractivity contribution in [1.29, 1.82) is 5.26 Å². The molecule has 0 aromatic heterocycles. The minimum absolute atomic E-state index is 0.117. The van der Waals surface area contributed by atoms with Gasteiger partial charge in [0, 0.05) is 0 Å². The predicted molar refractivity (Wildman–Crippen MR) is 120 cm³/mol. The molecule has 2 aromatic carbocycles. The number of benzene rings is 2. The molecule has 2 nitrogen and oxygen atoms in total. The monoisotopic (exact) mass is 425 g/mol. The lowest BCUT2D eigenvalue weighted by Gasteiger charge is -2.29. The fourth-order valence-corrected chi connectivity index (χ4v) is 4.53. The van der Waals surface area contributed by atoms with E-state index in [0.29, 0.717) is 17.0 Å². The lowest BCUT2D eigenvalue weighted by Crippen LogP contribution is -2.23. The Morgan fingerprint density at radius 3 is 2.19 bits per heavy atom. The Labute approximate surface area is 185 Å². The van der Waals surface area contributed by atoms with Gasteiger partial charge in [0.1, 0.15) is 0 Å². The first kappa shape index (κ1) is 23.4. The van der Waals surface area contributed by atoms with Crippen molar-refractivity contribution in [2.24, 2.45) is 5.92 Å². The molecule has 0 amide bonds. The minimum atomic E-state index is -3.25. The number of ether oxygens (including phenoxy) is 1. The van der Waals surface area contributed by atoms with Gasteiger partial charge in [-0.05, 0) is 66.3 Å². The molecule has 3 rings (SSSR count). The molecule has 0 atom stereocenters. The van der Waals surface area contributed by atoms with Crippen molar-refractivity contribution in [2.45, 2.75) is 83.3 Å². The third-order valence-electron chi connectivity index (χ3n) is 6.46. The van der Waals surface area contributed by atoms with Crippen LogP contribution in [-0.4, -0.2) is 6.11 Å². The lowest BCUT2D eigenvalue weighted by atomic mass is 9.77. The number of hydrogen-bond donors (Lipinski definition) is 0. The summed E-state index contributed by atoms with van der Waals surface area (Å²) in [5.41, 5.74) is 2.99. The summed E-state index contributed by atoms with van der Waals surface area (Å²) in [4.78, 5) is 0. The summed E-state index contributed by atoms with van der Waals surface area (Å²) in [6, 6.07) is 16.2. The van der Waals surface area contributed by atoms with E-state index in [2.05, 4.69) is 19.1 Å². The second-order valence-electron chi connectivity index (χ2n) is 8.87. The maximum absolute atomic E-state index is 14.2. The Kier molecular flexibility index (Phi) is 8.60. The van der Waals surface area contributed by atoms with Crippen LogP contribution in [0.4, 0.5) is 8.78 Å². The number of rotatable bonds is 10. The standard InChI is InChI=1S/C27H33F2NO/c1-2-3-4-5-21-10-14-25(15-11-21)26-16-12-24(13-17-26)20-31-27(28,29)18-22-6-8-23(19-30)9-7-22/h6-9,12-13,16-17,21,25H,2-5,10-11,14-15,18,20H2,1H3. The highest BCUT2D eigenvalue weighted by atomic mass is 19.3. The van der Waals surface area contributed by atoms with Crippen molar-refractivity contribution in [2.75, 3.05) is 0 Å². The van der Waals surface area contributed by atoms with Gasteiger partial charge in [0.05, 0.1) is 24.7 Å². The molecule has 0 spiro atoms. The highest BCUT2D eigenvalue weighted by molar-refractivity contribution is 5.32. The molecular formula is C27H33F2NO. The number of unbranched alkanes of at least 4 members (excludes halogenated alkanes) is 2. The molecule has 2 aromatic rings. The van der Waals surface area contributed by atoms with Gasteiger partial charge in [-0.1, -0.05) is 69.0 Å². The van der Waals surface area contributed by atoms with Crippen LogP contribution >= 0.6 is 0 Å². The minimum Gasteiger partial charge on any atom is -0.315 e. The van der Waals surface area contributed by atoms with Crippen LogP contribution in [0.1, 0.15) is 86.5 Å². The van der Waals surface area contributed by atoms with Crippen LogP contribution in [0.15, 0.2) is 48.5 Å². The van der Waals surface area contributed by atoms with Gasteiger partial charge < -0.3 is 4.74 Å². The molecule has 0 aliphatic heterocycles. The van der Waals surface area contributed by atoms with Crippen molar-refractivity contribution >= 4 is 0 Å². The predicted octanol–water partition coefficient (Wildman–Crippen LogP) is 7.76. The third-order valence-corrected chi connectivity index (χ3v) is 6.46. The summed E-state index contributed by atoms with van der Waals surface area (Å²) in [6.45, 7) is 2.13. The first-order valence-corrected chi connectivity index (χ1v) is 11.6. The fourth-order valence-electron chi connectivity index (χ4n) is 4.53. The van der Waals surface area contributed by atoms with Gasteiger partial charge >= 0.3 is 6.11 Å². The van der Waals surface area contributed by atoms with Crippen LogP contribution < -0.4 is 0 Å². The zero-order valence-electron chi connectivity index (χ0n) is 18.5. The van der Waals surface area contributed by atoms with Gasteiger partial charge in [-0.25, -0.2) is 0 Å². The van der Waals surface area contributed by atoms with Crippen LogP contribution in [0.3, 0.4) is 0 Å². The number of hydrogen-bond acceptors (Lipinski definition) is 2. The Hall–Kier alpha value is -2.25. The molecule has 4 heteroatoms. The van der Waals surface area contributed by atoms with E-state index in [1.54, 1.807) is 24.3 Å². The van der Waals surface area contributed by atoms with Crippen molar-refractivity contribution < 1.29 is 13.5 Å². The lowest BCUT2D eigenvalue weighted by molar-refractivity contribution is -0.244. The van der Waals surface area contributed by atoms with Crippen molar-refractivity contribution in [1.82, 2.24) is 0 Å². The Balaban J connectivity index is 1.45. The molecule has 1 fully saturated rings. The van der Waals surface area contributed by atoms with Gasteiger partial charge in [0.25, 0.3) is 0 Å². The SMILES string of the molecule is CCCCCC1CCC(c2ccc(COC(F)(F)Cc3ccc(C#N)cc3)cc2)CC1. The number of halogens is 2. The van der Waals surface area contributed by atoms with E-state index in [4.69, 9.17) is 10.00 Å². The molecule has 0 unspecified atom stereocenters. The van der Waals surface area contributed by atoms with E-state index >= 15 is 0 Å². The summed E-state index contributed by atoms with van der Waals surface area (Å²) in [5, 5.41) is 8.80. The van der Waals surface area contributed by atoms with Gasteiger partial charge in [-0.3, -0.25) is 0 Å². The quantitative estimate of drug-likeness (QED) is 0.364. The average molecular weight is 426 g/mol. The topological polar surface area (TPSA) is 33.0 Å². The Bertz CT molecular complexity index is 831. The van der Waals surface area contributed by atoms with E-state index in [9.17, 15) is 8.78 Å². The van der Waals surface area contributed by atoms with Crippen molar-refractivity contribution in [3.05, 3.63) is 70.8 Å². The fraction of sp³-hybridized carbons (Fsp3) is 0.519. The normalized spacial score (nSPS) is 19.2. The van der Waals surface area contributed by atoms with Crippen LogP contribution in [-0.2, 0) is 17.8 Å². The molecular weight excluding hydrogens is 392 g/mol. The summed E-state index contributed by atoms with van der Waals surface area (Å²) in [5.74, 6) is 1.48. The van der Waals surface area contributed by atoms with E-state index in [1.165, 1.54) is 56.9 Å².